The fourth-order valence-corrected chi connectivity index (χ4v) is 5.55. The highest BCUT2D eigenvalue weighted by molar-refractivity contribution is 7.89. The molecule has 2 aromatic carbocycles. The molecule has 1 N–H and O–H groups in total. The van der Waals surface area contributed by atoms with Crippen molar-refractivity contribution in [3.63, 3.8) is 0 Å². The number of aromatic nitrogens is 1. The molecule has 0 atom stereocenters. The Kier molecular flexibility index (Phi) is 6.94. The van der Waals surface area contributed by atoms with Crippen LogP contribution in [-0.2, 0) is 10.0 Å². The summed E-state index contributed by atoms with van der Waals surface area (Å²) in [4.78, 5) is 21.4. The van der Waals surface area contributed by atoms with Crippen molar-refractivity contribution in [1.29, 1.82) is 0 Å². The number of thiazole rings is 1. The minimum atomic E-state index is -3.52. The van der Waals surface area contributed by atoms with Gasteiger partial charge >= 0.3 is 0 Å². The van der Waals surface area contributed by atoms with E-state index in [0.717, 1.165) is 40.3 Å². The van der Waals surface area contributed by atoms with Crippen LogP contribution in [0.5, 0.6) is 0 Å². The van der Waals surface area contributed by atoms with E-state index in [4.69, 9.17) is 0 Å². The number of sulfonamides is 1. The van der Waals surface area contributed by atoms with E-state index in [9.17, 15) is 17.6 Å². The number of carbonyl (C=O) groups excluding carboxylic acids is 1. The number of carbonyl (C=O) groups is 1. The van der Waals surface area contributed by atoms with E-state index < -0.39 is 10.0 Å². The van der Waals surface area contributed by atoms with Crippen LogP contribution in [0.1, 0.15) is 10.4 Å². The summed E-state index contributed by atoms with van der Waals surface area (Å²) in [6.07, 6.45) is 0. The van der Waals surface area contributed by atoms with Crippen LogP contribution in [0.4, 0.5) is 9.52 Å². The van der Waals surface area contributed by atoms with E-state index in [-0.39, 0.29) is 16.6 Å². The van der Waals surface area contributed by atoms with Crippen molar-refractivity contribution in [3.8, 4) is 0 Å². The maximum absolute atomic E-state index is 13.9. The first-order valence-electron chi connectivity index (χ1n) is 10.6. The number of para-hydroxylation sites is 1. The number of anilines is 1. The summed E-state index contributed by atoms with van der Waals surface area (Å²) in [5.41, 5.74) is 0.843. The van der Waals surface area contributed by atoms with Gasteiger partial charge in [-0.1, -0.05) is 17.4 Å². The largest absolute Gasteiger partial charge is 0.351 e. The van der Waals surface area contributed by atoms with Crippen LogP contribution in [-0.4, -0.2) is 81.9 Å². The lowest BCUT2D eigenvalue weighted by Crippen LogP contribution is -2.48. The molecular formula is C22H26FN5O3S2. The number of piperazine rings is 1. The Hall–Kier alpha value is -2.60. The van der Waals surface area contributed by atoms with Crippen molar-refractivity contribution in [2.24, 2.45) is 0 Å². The van der Waals surface area contributed by atoms with Gasteiger partial charge < -0.3 is 10.2 Å². The molecule has 1 aliphatic heterocycles. The van der Waals surface area contributed by atoms with E-state index in [1.807, 2.05) is 6.07 Å². The molecule has 33 heavy (non-hydrogen) atoms. The predicted molar refractivity (Wildman–Crippen MR) is 128 cm³/mol. The van der Waals surface area contributed by atoms with Crippen molar-refractivity contribution in [1.82, 2.24) is 19.5 Å². The smallest absolute Gasteiger partial charge is 0.251 e. The van der Waals surface area contributed by atoms with Crippen LogP contribution >= 0.6 is 11.3 Å². The zero-order valence-electron chi connectivity index (χ0n) is 18.5. The first-order chi connectivity index (χ1) is 15.8. The number of hydrogen-bond acceptors (Lipinski definition) is 7. The molecule has 0 bridgehead atoms. The highest BCUT2D eigenvalue weighted by Crippen LogP contribution is 2.30. The SMILES string of the molecule is CN(C)S(=O)(=O)c1ccc(C(=O)NCCN2CCN(c3nc4c(F)cccc4s3)CC2)cc1. The lowest BCUT2D eigenvalue weighted by Gasteiger charge is -2.34. The van der Waals surface area contributed by atoms with Crippen molar-refractivity contribution >= 4 is 42.6 Å². The van der Waals surface area contributed by atoms with Gasteiger partial charge in [-0.05, 0) is 36.4 Å². The zero-order chi connectivity index (χ0) is 23.6. The van der Waals surface area contributed by atoms with E-state index in [0.29, 0.717) is 24.2 Å². The van der Waals surface area contributed by atoms with Crippen molar-refractivity contribution in [2.45, 2.75) is 4.90 Å². The quantitative estimate of drug-likeness (QED) is 0.546. The lowest BCUT2D eigenvalue weighted by molar-refractivity contribution is 0.0947. The molecule has 0 radical (unpaired) electrons. The second-order valence-electron chi connectivity index (χ2n) is 7.98. The van der Waals surface area contributed by atoms with Crippen molar-refractivity contribution in [3.05, 3.63) is 53.8 Å². The standard InChI is InChI=1S/C22H26FN5O3S2/c1-26(2)33(30,31)17-8-6-16(7-9-17)21(29)24-10-11-27-12-14-28(15-13-27)22-25-20-18(23)4-3-5-19(20)32-22/h3-9H,10-15H2,1-2H3,(H,24,29). The Balaban J connectivity index is 1.24. The minimum absolute atomic E-state index is 0.151. The topological polar surface area (TPSA) is 85.8 Å². The maximum atomic E-state index is 13.9. The number of nitrogens with zero attached hydrogens (tertiary/aromatic N) is 4. The van der Waals surface area contributed by atoms with Gasteiger partial charge in [-0.3, -0.25) is 9.69 Å². The fourth-order valence-electron chi connectivity index (χ4n) is 3.62. The number of halogens is 1. The molecule has 0 spiro atoms. The predicted octanol–water partition coefficient (Wildman–Crippen LogP) is 2.24. The maximum Gasteiger partial charge on any atom is 0.251 e. The third-order valence-corrected chi connectivity index (χ3v) is 8.52. The van der Waals surface area contributed by atoms with Gasteiger partial charge in [0.05, 0.1) is 9.60 Å². The zero-order valence-corrected chi connectivity index (χ0v) is 20.1. The minimum Gasteiger partial charge on any atom is -0.351 e. The van der Waals surface area contributed by atoms with Crippen LogP contribution in [0.25, 0.3) is 10.2 Å². The Morgan fingerprint density at radius 3 is 2.45 bits per heavy atom. The van der Waals surface area contributed by atoms with E-state index >= 15 is 0 Å². The number of rotatable bonds is 7. The molecule has 4 rings (SSSR count). The number of fused-ring (bicyclic) bond motifs is 1. The normalized spacial score (nSPS) is 15.3. The molecule has 0 saturated carbocycles. The molecule has 0 aliphatic carbocycles. The molecule has 8 nitrogen and oxygen atoms in total. The molecule has 176 valence electrons. The summed E-state index contributed by atoms with van der Waals surface area (Å²) in [6.45, 7) is 4.43. The third-order valence-electron chi connectivity index (χ3n) is 5.61. The van der Waals surface area contributed by atoms with E-state index in [2.05, 4.69) is 20.1 Å². The van der Waals surface area contributed by atoms with Gasteiger partial charge in [0.2, 0.25) is 10.0 Å². The number of nitrogens with one attached hydrogen (secondary N) is 1. The summed E-state index contributed by atoms with van der Waals surface area (Å²) in [6, 6.07) is 10.9. The van der Waals surface area contributed by atoms with Gasteiger partial charge in [0.1, 0.15) is 11.3 Å². The Morgan fingerprint density at radius 1 is 1.12 bits per heavy atom. The summed E-state index contributed by atoms with van der Waals surface area (Å²) in [5, 5.41) is 3.72. The second kappa shape index (κ2) is 9.72. The fraction of sp³-hybridized carbons (Fsp3) is 0.364. The van der Waals surface area contributed by atoms with Crippen LogP contribution in [0, 0.1) is 5.82 Å². The van der Waals surface area contributed by atoms with Gasteiger partial charge in [-0.15, -0.1) is 0 Å². The number of benzene rings is 2. The molecule has 1 aliphatic rings. The molecule has 3 aromatic rings. The van der Waals surface area contributed by atoms with Crippen LogP contribution in [0.3, 0.4) is 0 Å². The molecule has 11 heteroatoms. The Bertz CT molecular complexity index is 1240. The van der Waals surface area contributed by atoms with Crippen LogP contribution < -0.4 is 10.2 Å². The third kappa shape index (κ3) is 5.16. The van der Waals surface area contributed by atoms with Gasteiger partial charge in [0.25, 0.3) is 5.91 Å². The van der Waals surface area contributed by atoms with E-state index in [1.165, 1.54) is 55.8 Å². The lowest BCUT2D eigenvalue weighted by atomic mass is 10.2. The second-order valence-corrected chi connectivity index (χ2v) is 11.1. The summed E-state index contributed by atoms with van der Waals surface area (Å²) >= 11 is 1.50. The number of hydrogen-bond donors (Lipinski definition) is 1. The van der Waals surface area contributed by atoms with E-state index in [1.54, 1.807) is 6.07 Å². The van der Waals surface area contributed by atoms with Crippen LogP contribution in [0.15, 0.2) is 47.4 Å². The van der Waals surface area contributed by atoms with Gasteiger partial charge in [0, 0.05) is 58.9 Å². The first kappa shape index (κ1) is 23.6. The van der Waals surface area contributed by atoms with Gasteiger partial charge in [-0.2, -0.15) is 0 Å². The molecule has 1 amide bonds. The van der Waals surface area contributed by atoms with Crippen LogP contribution in [0.2, 0.25) is 0 Å². The summed E-state index contributed by atoms with van der Waals surface area (Å²) in [5.74, 6) is -0.530. The van der Waals surface area contributed by atoms with Crippen molar-refractivity contribution in [2.75, 3.05) is 58.3 Å². The Labute approximate surface area is 196 Å². The summed E-state index contributed by atoms with van der Waals surface area (Å²) in [7, 11) is -0.583. The molecule has 1 aromatic heterocycles. The average molecular weight is 492 g/mol. The average Bonchev–Trinajstić information content (AvgIpc) is 3.25. The molecule has 0 unspecified atom stereocenters. The molecule has 2 heterocycles. The molecule has 1 fully saturated rings. The van der Waals surface area contributed by atoms with Gasteiger partial charge in [-0.25, -0.2) is 22.1 Å². The highest BCUT2D eigenvalue weighted by atomic mass is 32.2. The van der Waals surface area contributed by atoms with Gasteiger partial charge in [0.15, 0.2) is 5.13 Å². The number of amides is 1. The first-order valence-corrected chi connectivity index (χ1v) is 12.8. The highest BCUT2D eigenvalue weighted by Gasteiger charge is 2.21. The Morgan fingerprint density at radius 2 is 1.82 bits per heavy atom. The molecular weight excluding hydrogens is 465 g/mol. The van der Waals surface area contributed by atoms with Crippen molar-refractivity contribution < 1.29 is 17.6 Å². The summed E-state index contributed by atoms with van der Waals surface area (Å²) < 4.78 is 40.2. The molecule has 1 saturated heterocycles. The monoisotopic (exact) mass is 491 g/mol.